The van der Waals surface area contributed by atoms with Crippen LogP contribution in [-0.2, 0) is 16.0 Å². The Balaban J connectivity index is 1.63. The Bertz CT molecular complexity index is 1020. The first-order chi connectivity index (χ1) is 14.6. The highest BCUT2D eigenvalue weighted by Crippen LogP contribution is 2.36. The number of ether oxygens (including phenoxy) is 1. The van der Waals surface area contributed by atoms with Crippen molar-refractivity contribution >= 4 is 16.9 Å². The van der Waals surface area contributed by atoms with Crippen molar-refractivity contribution in [1.82, 2.24) is 10.3 Å². The molecule has 0 aliphatic carbocycles. The molecule has 1 N–H and O–H groups in total. The summed E-state index contributed by atoms with van der Waals surface area (Å²) in [6.07, 6.45) is 5.62. The molecule has 30 heavy (non-hydrogen) atoms. The number of nitrogens with zero attached hydrogens (tertiary/aromatic N) is 1. The molecule has 0 saturated carbocycles. The Morgan fingerprint density at radius 1 is 1.23 bits per heavy atom. The van der Waals surface area contributed by atoms with Crippen LogP contribution < -0.4 is 5.32 Å². The molecule has 4 heteroatoms. The molecule has 0 amide bonds. The second-order valence-electron chi connectivity index (χ2n) is 8.37. The average molecular weight is 401 g/mol. The van der Waals surface area contributed by atoms with Crippen molar-refractivity contribution in [1.29, 1.82) is 0 Å². The van der Waals surface area contributed by atoms with Gasteiger partial charge in [-0.15, -0.1) is 6.58 Å². The Kier molecular flexibility index (Phi) is 5.96. The molecule has 3 unspecified atom stereocenters. The largest absolute Gasteiger partial charge is 0.456 e. The summed E-state index contributed by atoms with van der Waals surface area (Å²) in [6, 6.07) is 19.8. The van der Waals surface area contributed by atoms with Gasteiger partial charge in [0.25, 0.3) is 0 Å². The first kappa shape index (κ1) is 20.3. The lowest BCUT2D eigenvalue weighted by Crippen LogP contribution is -2.47. The van der Waals surface area contributed by atoms with Crippen LogP contribution in [0.15, 0.2) is 79.5 Å². The van der Waals surface area contributed by atoms with Crippen molar-refractivity contribution in [2.24, 2.45) is 5.41 Å². The maximum absolute atomic E-state index is 12.9. The van der Waals surface area contributed by atoms with Gasteiger partial charge >= 0.3 is 5.97 Å². The average Bonchev–Trinajstić information content (AvgIpc) is 2.79. The van der Waals surface area contributed by atoms with Crippen molar-refractivity contribution in [2.45, 2.75) is 38.3 Å². The minimum Gasteiger partial charge on any atom is -0.456 e. The molecule has 2 aromatic carbocycles. The lowest BCUT2D eigenvalue weighted by molar-refractivity contribution is -0.150. The van der Waals surface area contributed by atoms with Crippen LogP contribution in [0.25, 0.3) is 10.9 Å². The topological polar surface area (TPSA) is 51.2 Å². The monoisotopic (exact) mass is 400 g/mol. The number of piperidine rings is 1. The molecule has 1 aromatic heterocycles. The van der Waals surface area contributed by atoms with Crippen LogP contribution in [0.3, 0.4) is 0 Å². The lowest BCUT2D eigenvalue weighted by Gasteiger charge is -2.39. The standard InChI is InChI=1S/C26H28N2O2/c1-3-26(2)15-13-23(28-18-26)25(30-24(29)17-19-9-5-4-6-10-19)21-14-16-27-22-12-8-7-11-20(21)22/h3-12,14,16,23,25,28H,1,13,15,17-18H2,2H3. The van der Waals surface area contributed by atoms with E-state index >= 15 is 0 Å². The summed E-state index contributed by atoms with van der Waals surface area (Å²) in [5, 5.41) is 4.65. The quantitative estimate of drug-likeness (QED) is 0.467. The zero-order chi connectivity index (χ0) is 21.0. The minimum atomic E-state index is -0.372. The van der Waals surface area contributed by atoms with Gasteiger partial charge in [0.2, 0.25) is 0 Å². The van der Waals surface area contributed by atoms with E-state index in [-0.39, 0.29) is 30.0 Å². The van der Waals surface area contributed by atoms with Crippen LogP contribution in [0.1, 0.15) is 37.0 Å². The maximum Gasteiger partial charge on any atom is 0.310 e. The van der Waals surface area contributed by atoms with E-state index in [1.807, 2.05) is 66.7 Å². The molecule has 1 aliphatic heterocycles. The summed E-state index contributed by atoms with van der Waals surface area (Å²) in [4.78, 5) is 17.4. The van der Waals surface area contributed by atoms with Gasteiger partial charge in [-0.25, -0.2) is 0 Å². The van der Waals surface area contributed by atoms with Gasteiger partial charge in [0.1, 0.15) is 6.10 Å². The number of pyridine rings is 1. The number of hydrogen-bond acceptors (Lipinski definition) is 4. The molecule has 3 aromatic rings. The van der Waals surface area contributed by atoms with Crippen molar-refractivity contribution in [3.63, 3.8) is 0 Å². The molecule has 0 spiro atoms. The fourth-order valence-corrected chi connectivity index (χ4v) is 4.15. The number of aromatic nitrogens is 1. The maximum atomic E-state index is 12.9. The predicted octanol–water partition coefficient (Wildman–Crippen LogP) is 5.01. The lowest BCUT2D eigenvalue weighted by atomic mass is 9.79. The van der Waals surface area contributed by atoms with E-state index in [1.54, 1.807) is 6.20 Å². The van der Waals surface area contributed by atoms with Crippen LogP contribution in [-0.4, -0.2) is 23.5 Å². The molecule has 1 fully saturated rings. The number of fused-ring (bicyclic) bond motifs is 1. The molecule has 0 radical (unpaired) electrons. The van der Waals surface area contributed by atoms with Crippen molar-refractivity contribution in [3.05, 3.63) is 90.6 Å². The smallest absolute Gasteiger partial charge is 0.310 e. The first-order valence-electron chi connectivity index (χ1n) is 10.5. The molecule has 0 bridgehead atoms. The molecule has 4 rings (SSSR count). The Morgan fingerprint density at radius 3 is 2.73 bits per heavy atom. The zero-order valence-electron chi connectivity index (χ0n) is 17.4. The molecule has 4 nitrogen and oxygen atoms in total. The third-order valence-electron chi connectivity index (χ3n) is 6.09. The van der Waals surface area contributed by atoms with Crippen molar-refractivity contribution < 1.29 is 9.53 Å². The van der Waals surface area contributed by atoms with Crippen molar-refractivity contribution in [3.8, 4) is 0 Å². The van der Waals surface area contributed by atoms with Crippen LogP contribution in [0.2, 0.25) is 0 Å². The van der Waals surface area contributed by atoms with Gasteiger partial charge in [-0.3, -0.25) is 9.78 Å². The molecule has 3 atom stereocenters. The van der Waals surface area contributed by atoms with E-state index in [4.69, 9.17) is 4.74 Å². The molecule has 1 aliphatic rings. The number of hydrogen-bond donors (Lipinski definition) is 1. The summed E-state index contributed by atoms with van der Waals surface area (Å²) in [7, 11) is 0. The van der Waals surface area contributed by atoms with Crippen LogP contribution in [0.5, 0.6) is 0 Å². The van der Waals surface area contributed by atoms with Crippen molar-refractivity contribution in [2.75, 3.05) is 6.54 Å². The highest BCUT2D eigenvalue weighted by molar-refractivity contribution is 5.83. The van der Waals surface area contributed by atoms with Crippen LogP contribution >= 0.6 is 0 Å². The third-order valence-corrected chi connectivity index (χ3v) is 6.09. The summed E-state index contributed by atoms with van der Waals surface area (Å²) < 4.78 is 6.13. The van der Waals surface area contributed by atoms with Gasteiger partial charge in [0.05, 0.1) is 11.9 Å². The van der Waals surface area contributed by atoms with Gasteiger partial charge < -0.3 is 10.1 Å². The fourth-order valence-electron chi connectivity index (χ4n) is 4.15. The van der Waals surface area contributed by atoms with Crippen LogP contribution in [0, 0.1) is 5.41 Å². The highest BCUT2D eigenvalue weighted by Gasteiger charge is 2.35. The van der Waals surface area contributed by atoms with E-state index < -0.39 is 0 Å². The van der Waals surface area contributed by atoms with Gasteiger partial charge in [0.15, 0.2) is 0 Å². The molecule has 2 heterocycles. The van der Waals surface area contributed by atoms with E-state index in [0.717, 1.165) is 41.4 Å². The van der Waals surface area contributed by atoms with Gasteiger partial charge in [-0.05, 0) is 36.0 Å². The summed E-state index contributed by atoms with van der Waals surface area (Å²) in [5.41, 5.74) is 2.93. The number of nitrogens with one attached hydrogen (secondary N) is 1. The van der Waals surface area contributed by atoms with E-state index in [0.29, 0.717) is 0 Å². The first-order valence-corrected chi connectivity index (χ1v) is 10.5. The Labute approximate surface area is 178 Å². The zero-order valence-corrected chi connectivity index (χ0v) is 17.4. The number of benzene rings is 2. The number of carbonyl (C=O) groups excluding carboxylic acids is 1. The SMILES string of the molecule is C=CC1(C)CCC(C(OC(=O)Cc2ccccc2)c2ccnc3ccccc23)NC1. The summed E-state index contributed by atoms with van der Waals surface area (Å²) in [5.74, 6) is -0.217. The van der Waals surface area contributed by atoms with Gasteiger partial charge in [-0.1, -0.05) is 61.5 Å². The minimum absolute atomic E-state index is 0.0450. The second-order valence-corrected chi connectivity index (χ2v) is 8.37. The normalized spacial score (nSPS) is 22.4. The highest BCUT2D eigenvalue weighted by atomic mass is 16.5. The fraction of sp³-hybridized carbons (Fsp3) is 0.308. The molecular formula is C26H28N2O2. The number of esters is 1. The van der Waals surface area contributed by atoms with Crippen LogP contribution in [0.4, 0.5) is 0 Å². The van der Waals surface area contributed by atoms with Gasteiger partial charge in [0, 0.05) is 29.7 Å². The summed E-state index contributed by atoms with van der Waals surface area (Å²) >= 11 is 0. The predicted molar refractivity (Wildman–Crippen MR) is 120 cm³/mol. The second kappa shape index (κ2) is 8.80. The van der Waals surface area contributed by atoms with Gasteiger partial charge in [-0.2, -0.15) is 0 Å². The number of rotatable bonds is 6. The molecular weight excluding hydrogens is 372 g/mol. The summed E-state index contributed by atoms with van der Waals surface area (Å²) in [6.45, 7) is 7.01. The Hall–Kier alpha value is -2.98. The number of carbonyl (C=O) groups is 1. The van der Waals surface area contributed by atoms with E-state index in [1.165, 1.54) is 0 Å². The Morgan fingerprint density at radius 2 is 2.00 bits per heavy atom. The van der Waals surface area contributed by atoms with E-state index in [9.17, 15) is 4.79 Å². The van der Waals surface area contributed by atoms with E-state index in [2.05, 4.69) is 23.8 Å². The molecule has 154 valence electrons. The number of para-hydroxylation sites is 1. The third kappa shape index (κ3) is 4.44. The molecule has 1 saturated heterocycles.